The molecule has 2 aromatic carbocycles. The number of rotatable bonds is 7. The Morgan fingerprint density at radius 1 is 1.00 bits per heavy atom. The van der Waals surface area contributed by atoms with Crippen molar-refractivity contribution in [3.63, 3.8) is 0 Å². The molecule has 1 aliphatic carbocycles. The highest BCUT2D eigenvalue weighted by Crippen LogP contribution is 2.38. The molecule has 0 aromatic heterocycles. The van der Waals surface area contributed by atoms with Gasteiger partial charge in [0, 0.05) is 23.2 Å². The number of ether oxygens (including phenoxy) is 2. The topological polar surface area (TPSA) is 59.1 Å². The maximum absolute atomic E-state index is 14.0. The second-order valence-electron chi connectivity index (χ2n) is 9.32. The van der Waals surface area contributed by atoms with Gasteiger partial charge in [0.05, 0.1) is 14.2 Å². The van der Waals surface area contributed by atoms with Crippen LogP contribution in [0.25, 0.3) is 0 Å². The minimum Gasteiger partial charge on any atom is -0.497 e. The fraction of sp³-hybridized carbons (Fsp3) is 0.481. The zero-order valence-electron chi connectivity index (χ0n) is 20.1. The minimum absolute atomic E-state index is 0.0511. The Balaban J connectivity index is 1.69. The predicted molar refractivity (Wildman–Crippen MR) is 132 cm³/mol. The van der Waals surface area contributed by atoms with Gasteiger partial charge in [0.1, 0.15) is 24.1 Å². The lowest BCUT2D eigenvalue weighted by Crippen LogP contribution is -2.59. The molecule has 0 bridgehead atoms. The van der Waals surface area contributed by atoms with Crippen LogP contribution in [-0.4, -0.2) is 55.0 Å². The summed E-state index contributed by atoms with van der Waals surface area (Å²) >= 11 is 6.37. The van der Waals surface area contributed by atoms with Gasteiger partial charge in [0.2, 0.25) is 5.91 Å². The van der Waals surface area contributed by atoms with Crippen LogP contribution in [0.15, 0.2) is 42.5 Å². The molecule has 1 saturated carbocycles. The van der Waals surface area contributed by atoms with E-state index in [2.05, 4.69) is 6.92 Å². The average Bonchev–Trinajstić information content (AvgIpc) is 2.85. The number of methoxy groups -OCH3 is 2. The first-order valence-electron chi connectivity index (χ1n) is 12.0. The van der Waals surface area contributed by atoms with Crippen molar-refractivity contribution < 1.29 is 19.1 Å². The summed E-state index contributed by atoms with van der Waals surface area (Å²) in [4.78, 5) is 31.0. The van der Waals surface area contributed by atoms with E-state index < -0.39 is 6.04 Å². The van der Waals surface area contributed by atoms with Crippen LogP contribution in [0.3, 0.4) is 0 Å². The van der Waals surface area contributed by atoms with Crippen molar-refractivity contribution in [2.24, 2.45) is 5.92 Å². The van der Waals surface area contributed by atoms with Crippen LogP contribution in [-0.2, 0) is 16.0 Å². The van der Waals surface area contributed by atoms with E-state index in [1.807, 2.05) is 35.2 Å². The van der Waals surface area contributed by atoms with Crippen molar-refractivity contribution in [1.82, 2.24) is 9.80 Å². The third-order valence-electron chi connectivity index (χ3n) is 7.19. The molecule has 1 atom stereocenters. The maximum Gasteiger partial charge on any atom is 0.250 e. The molecule has 0 unspecified atom stereocenters. The van der Waals surface area contributed by atoms with Crippen molar-refractivity contribution in [2.75, 3.05) is 27.3 Å². The summed E-state index contributed by atoms with van der Waals surface area (Å²) < 4.78 is 11.1. The van der Waals surface area contributed by atoms with Crippen LogP contribution in [0.2, 0.25) is 5.02 Å². The lowest BCUT2D eigenvalue weighted by Gasteiger charge is -2.45. The van der Waals surface area contributed by atoms with Crippen LogP contribution in [0.5, 0.6) is 11.5 Å². The largest absolute Gasteiger partial charge is 0.497 e. The average molecular weight is 485 g/mol. The Kier molecular flexibility index (Phi) is 7.67. The first-order valence-corrected chi connectivity index (χ1v) is 12.4. The molecule has 6 nitrogen and oxygen atoms in total. The van der Waals surface area contributed by atoms with E-state index >= 15 is 0 Å². The Labute approximate surface area is 206 Å². The SMILES string of the molecule is COc1ccc(OC)c([C@@H]2C(=O)N(C3CCC(C)CC3)CC(=O)N2CCc2ccccc2Cl)c1. The quantitative estimate of drug-likeness (QED) is 0.561. The van der Waals surface area contributed by atoms with Crippen LogP contribution in [0, 0.1) is 5.92 Å². The van der Waals surface area contributed by atoms with Gasteiger partial charge in [-0.3, -0.25) is 9.59 Å². The molecule has 2 amide bonds. The lowest BCUT2D eigenvalue weighted by molar-refractivity contribution is -0.159. The van der Waals surface area contributed by atoms with Crippen LogP contribution >= 0.6 is 11.6 Å². The highest BCUT2D eigenvalue weighted by atomic mass is 35.5. The van der Waals surface area contributed by atoms with E-state index in [-0.39, 0.29) is 24.4 Å². The summed E-state index contributed by atoms with van der Waals surface area (Å²) in [7, 11) is 3.17. The van der Waals surface area contributed by atoms with Gasteiger partial charge in [0.25, 0.3) is 5.91 Å². The Morgan fingerprint density at radius 2 is 1.74 bits per heavy atom. The third kappa shape index (κ3) is 5.02. The summed E-state index contributed by atoms with van der Waals surface area (Å²) in [5, 5.41) is 0.659. The summed E-state index contributed by atoms with van der Waals surface area (Å²) in [6, 6.07) is 12.3. The number of carbonyl (C=O) groups excluding carboxylic acids is 2. The number of halogens is 1. The smallest absolute Gasteiger partial charge is 0.250 e. The van der Waals surface area contributed by atoms with Gasteiger partial charge in [-0.25, -0.2) is 0 Å². The van der Waals surface area contributed by atoms with E-state index in [1.54, 1.807) is 31.3 Å². The normalized spacial score (nSPS) is 23.2. The molecular weight excluding hydrogens is 452 g/mol. The van der Waals surface area contributed by atoms with Gasteiger partial charge in [-0.05, 0) is 67.9 Å². The lowest BCUT2D eigenvalue weighted by atomic mass is 9.85. The summed E-state index contributed by atoms with van der Waals surface area (Å²) in [6.07, 6.45) is 4.57. The predicted octanol–water partition coefficient (Wildman–Crippen LogP) is 4.89. The van der Waals surface area contributed by atoms with E-state index in [0.717, 1.165) is 31.2 Å². The fourth-order valence-electron chi connectivity index (χ4n) is 5.16. The molecule has 2 aromatic rings. The molecule has 2 aliphatic rings. The van der Waals surface area contributed by atoms with E-state index in [9.17, 15) is 9.59 Å². The number of benzene rings is 2. The van der Waals surface area contributed by atoms with Gasteiger partial charge in [-0.1, -0.05) is 36.7 Å². The zero-order valence-corrected chi connectivity index (χ0v) is 20.9. The first-order chi connectivity index (χ1) is 16.4. The maximum atomic E-state index is 14.0. The molecule has 1 aliphatic heterocycles. The molecule has 1 saturated heterocycles. The summed E-state index contributed by atoms with van der Waals surface area (Å²) in [5.41, 5.74) is 1.60. The van der Waals surface area contributed by atoms with Gasteiger partial charge in [0.15, 0.2) is 0 Å². The summed E-state index contributed by atoms with van der Waals surface area (Å²) in [5.74, 6) is 1.73. The van der Waals surface area contributed by atoms with Gasteiger partial charge >= 0.3 is 0 Å². The minimum atomic E-state index is -0.770. The zero-order chi connectivity index (χ0) is 24.2. The molecule has 0 radical (unpaired) electrons. The number of nitrogens with zero attached hydrogens (tertiary/aromatic N) is 2. The molecular formula is C27H33ClN2O4. The number of carbonyl (C=O) groups is 2. The van der Waals surface area contributed by atoms with E-state index in [0.29, 0.717) is 41.0 Å². The highest BCUT2D eigenvalue weighted by molar-refractivity contribution is 6.31. The van der Waals surface area contributed by atoms with Crippen molar-refractivity contribution in [3.8, 4) is 11.5 Å². The number of amides is 2. The molecule has 4 rings (SSSR count). The van der Waals surface area contributed by atoms with Crippen molar-refractivity contribution in [3.05, 3.63) is 58.6 Å². The summed E-state index contributed by atoms with van der Waals surface area (Å²) in [6.45, 7) is 2.75. The standard InChI is InChI=1S/C27H33ClN2O4/c1-18-8-10-20(11-9-18)30-17-25(31)29(15-14-19-6-4-5-7-23(19)28)26(27(30)32)22-16-21(33-2)12-13-24(22)34-3/h4-7,12-13,16,18,20,26H,8-11,14-15,17H2,1-3H3/t18?,20?,26-/m1/s1. The molecule has 34 heavy (non-hydrogen) atoms. The number of hydrogen-bond acceptors (Lipinski definition) is 4. The van der Waals surface area contributed by atoms with Crippen LogP contribution < -0.4 is 9.47 Å². The molecule has 0 N–H and O–H groups in total. The fourth-order valence-corrected chi connectivity index (χ4v) is 5.39. The molecule has 182 valence electrons. The van der Waals surface area contributed by atoms with Crippen LogP contribution in [0.4, 0.5) is 0 Å². The molecule has 7 heteroatoms. The molecule has 0 spiro atoms. The van der Waals surface area contributed by atoms with E-state index in [4.69, 9.17) is 21.1 Å². The molecule has 2 fully saturated rings. The van der Waals surface area contributed by atoms with E-state index in [1.165, 1.54) is 0 Å². The van der Waals surface area contributed by atoms with Crippen molar-refractivity contribution in [1.29, 1.82) is 0 Å². The Morgan fingerprint density at radius 3 is 2.41 bits per heavy atom. The van der Waals surface area contributed by atoms with Crippen molar-refractivity contribution in [2.45, 2.75) is 51.1 Å². The monoisotopic (exact) mass is 484 g/mol. The number of hydrogen-bond donors (Lipinski definition) is 0. The van der Waals surface area contributed by atoms with Crippen molar-refractivity contribution >= 4 is 23.4 Å². The van der Waals surface area contributed by atoms with Crippen LogP contribution in [0.1, 0.15) is 49.8 Å². The Hall–Kier alpha value is -2.73. The van der Waals surface area contributed by atoms with Gasteiger partial charge in [-0.2, -0.15) is 0 Å². The first kappa shape index (κ1) is 24.4. The number of piperazine rings is 1. The second kappa shape index (κ2) is 10.7. The molecule has 1 heterocycles. The highest BCUT2D eigenvalue weighted by Gasteiger charge is 2.44. The van der Waals surface area contributed by atoms with Gasteiger partial charge in [-0.15, -0.1) is 0 Å². The second-order valence-corrected chi connectivity index (χ2v) is 9.73. The van der Waals surface area contributed by atoms with Gasteiger partial charge < -0.3 is 19.3 Å². The third-order valence-corrected chi connectivity index (χ3v) is 7.56. The Bertz CT molecular complexity index is 1040.